The summed E-state index contributed by atoms with van der Waals surface area (Å²) in [6, 6.07) is 22.5. The number of rotatable bonds is 7. The largest absolute Gasteiger partial charge is 0.508 e. The summed E-state index contributed by atoms with van der Waals surface area (Å²) in [6.07, 6.45) is 4.62. The second kappa shape index (κ2) is 10.0. The summed E-state index contributed by atoms with van der Waals surface area (Å²) in [5.41, 5.74) is 4.89. The lowest BCUT2D eigenvalue weighted by molar-refractivity contribution is 0.402. The van der Waals surface area contributed by atoms with Crippen molar-refractivity contribution >= 4 is 12.2 Å². The Labute approximate surface area is 198 Å². The van der Waals surface area contributed by atoms with Crippen LogP contribution in [0.3, 0.4) is 0 Å². The van der Waals surface area contributed by atoms with E-state index >= 15 is 0 Å². The first-order chi connectivity index (χ1) is 16.4. The molecule has 0 spiro atoms. The van der Waals surface area contributed by atoms with Crippen molar-refractivity contribution in [1.82, 2.24) is 0 Å². The zero-order valence-corrected chi connectivity index (χ0v) is 18.8. The predicted molar refractivity (Wildman–Crippen MR) is 134 cm³/mol. The fourth-order valence-electron chi connectivity index (χ4n) is 3.94. The number of para-hydroxylation sites is 1. The normalized spacial score (nSPS) is 11.1. The van der Waals surface area contributed by atoms with Gasteiger partial charge >= 0.3 is 0 Å². The highest BCUT2D eigenvalue weighted by molar-refractivity contribution is 5.78. The second-order valence-corrected chi connectivity index (χ2v) is 8.05. The molecule has 0 heterocycles. The maximum absolute atomic E-state index is 11.0. The Morgan fingerprint density at radius 1 is 0.647 bits per heavy atom. The van der Waals surface area contributed by atoms with E-state index in [2.05, 4.69) is 0 Å². The molecule has 34 heavy (non-hydrogen) atoms. The van der Waals surface area contributed by atoms with Crippen LogP contribution in [0.1, 0.15) is 33.4 Å². The van der Waals surface area contributed by atoms with Crippen LogP contribution in [0, 0.1) is 0 Å². The van der Waals surface area contributed by atoms with Crippen molar-refractivity contribution in [1.29, 1.82) is 0 Å². The van der Waals surface area contributed by atoms with Crippen LogP contribution in [0.4, 0.5) is 0 Å². The molecule has 5 nitrogen and oxygen atoms in total. The topological polar surface area (TPSA) is 90.2 Å². The molecule has 5 heteroatoms. The maximum atomic E-state index is 11.0. The fraction of sp³-hybridized carbons (Fsp3) is 0.103. The van der Waals surface area contributed by atoms with Gasteiger partial charge in [0.1, 0.15) is 28.7 Å². The summed E-state index contributed by atoms with van der Waals surface area (Å²) in [6.45, 7) is 0. The Hall–Kier alpha value is -4.38. The third-order valence-corrected chi connectivity index (χ3v) is 5.75. The maximum Gasteiger partial charge on any atom is 0.126 e. The van der Waals surface area contributed by atoms with E-state index in [1.54, 1.807) is 49.6 Å². The molecule has 0 aliphatic carbocycles. The van der Waals surface area contributed by atoms with Crippen LogP contribution in [-0.2, 0) is 12.8 Å². The molecule has 4 aromatic rings. The van der Waals surface area contributed by atoms with E-state index in [-0.39, 0.29) is 23.0 Å². The summed E-state index contributed by atoms with van der Waals surface area (Å²) in [4.78, 5) is 0. The molecule has 172 valence electrons. The van der Waals surface area contributed by atoms with Crippen LogP contribution >= 0.6 is 0 Å². The molecule has 0 radical (unpaired) electrons. The Morgan fingerprint density at radius 2 is 1.21 bits per heavy atom. The van der Waals surface area contributed by atoms with Crippen LogP contribution in [0.25, 0.3) is 12.2 Å². The molecule has 0 saturated heterocycles. The van der Waals surface area contributed by atoms with E-state index in [0.29, 0.717) is 29.7 Å². The SMILES string of the molecule is COc1cc(O)c(Cc2ccc(O)cc2)c(/C=C/c2ccccc2O)c1Cc1ccc(O)cc1. The Balaban J connectivity index is 1.87. The van der Waals surface area contributed by atoms with Crippen LogP contribution < -0.4 is 4.74 Å². The Morgan fingerprint density at radius 3 is 1.76 bits per heavy atom. The lowest BCUT2D eigenvalue weighted by Gasteiger charge is -2.18. The Bertz CT molecular complexity index is 1310. The van der Waals surface area contributed by atoms with Crippen molar-refractivity contribution in [3.8, 4) is 28.7 Å². The van der Waals surface area contributed by atoms with Gasteiger partial charge in [-0.05, 0) is 47.0 Å². The van der Waals surface area contributed by atoms with Crippen LogP contribution in [0.2, 0.25) is 0 Å². The zero-order chi connectivity index (χ0) is 24.1. The summed E-state index contributed by atoms with van der Waals surface area (Å²) in [5, 5.41) is 40.5. The predicted octanol–water partition coefficient (Wildman–Crippen LogP) is 5.87. The smallest absolute Gasteiger partial charge is 0.126 e. The number of aromatic hydroxyl groups is 4. The van der Waals surface area contributed by atoms with Gasteiger partial charge in [-0.3, -0.25) is 0 Å². The van der Waals surface area contributed by atoms with Crippen LogP contribution in [-0.4, -0.2) is 27.5 Å². The third kappa shape index (κ3) is 5.15. The lowest BCUT2D eigenvalue weighted by atomic mass is 9.90. The van der Waals surface area contributed by atoms with Gasteiger partial charge in [-0.2, -0.15) is 0 Å². The molecule has 4 aromatic carbocycles. The number of benzene rings is 4. The van der Waals surface area contributed by atoms with Crippen molar-refractivity contribution in [2.75, 3.05) is 7.11 Å². The number of ether oxygens (including phenoxy) is 1. The second-order valence-electron chi connectivity index (χ2n) is 8.05. The molecule has 0 saturated carbocycles. The number of phenolic OH excluding ortho intramolecular Hbond substituents is 4. The van der Waals surface area contributed by atoms with E-state index in [4.69, 9.17) is 4.74 Å². The van der Waals surface area contributed by atoms with Crippen molar-refractivity contribution in [3.63, 3.8) is 0 Å². The summed E-state index contributed by atoms with van der Waals surface area (Å²) in [5.74, 6) is 1.16. The molecule has 0 amide bonds. The quantitative estimate of drug-likeness (QED) is 0.262. The van der Waals surface area contributed by atoms with Gasteiger partial charge in [-0.1, -0.05) is 54.6 Å². The van der Waals surface area contributed by atoms with Gasteiger partial charge < -0.3 is 25.2 Å². The summed E-state index contributed by atoms with van der Waals surface area (Å²) >= 11 is 0. The van der Waals surface area contributed by atoms with Crippen molar-refractivity contribution in [2.24, 2.45) is 0 Å². The van der Waals surface area contributed by atoms with Crippen molar-refractivity contribution < 1.29 is 25.2 Å². The van der Waals surface area contributed by atoms with Crippen LogP contribution in [0.5, 0.6) is 28.7 Å². The molecular formula is C29H26O5. The molecule has 0 aliphatic heterocycles. The molecule has 0 fully saturated rings. The molecule has 0 aromatic heterocycles. The van der Waals surface area contributed by atoms with E-state index in [1.807, 2.05) is 48.6 Å². The number of methoxy groups -OCH3 is 1. The summed E-state index contributed by atoms with van der Waals surface area (Å²) < 4.78 is 5.63. The van der Waals surface area contributed by atoms with Crippen molar-refractivity contribution in [3.05, 3.63) is 112 Å². The monoisotopic (exact) mass is 454 g/mol. The van der Waals surface area contributed by atoms with E-state index < -0.39 is 0 Å². The van der Waals surface area contributed by atoms with Gasteiger partial charge in [0.25, 0.3) is 0 Å². The Kier molecular flexibility index (Phi) is 6.74. The van der Waals surface area contributed by atoms with Crippen molar-refractivity contribution in [2.45, 2.75) is 12.8 Å². The summed E-state index contributed by atoms with van der Waals surface area (Å²) in [7, 11) is 1.56. The van der Waals surface area contributed by atoms with E-state index in [1.165, 1.54) is 0 Å². The average Bonchev–Trinajstić information content (AvgIpc) is 2.84. The average molecular weight is 455 g/mol. The highest BCUT2D eigenvalue weighted by Gasteiger charge is 2.18. The van der Waals surface area contributed by atoms with Gasteiger partial charge in [-0.25, -0.2) is 0 Å². The first kappa shape index (κ1) is 22.8. The van der Waals surface area contributed by atoms with Crippen LogP contribution in [0.15, 0.2) is 78.9 Å². The van der Waals surface area contributed by atoms with E-state index in [0.717, 1.165) is 22.3 Å². The molecule has 4 N–H and O–H groups in total. The lowest BCUT2D eigenvalue weighted by Crippen LogP contribution is -2.03. The van der Waals surface area contributed by atoms with E-state index in [9.17, 15) is 20.4 Å². The highest BCUT2D eigenvalue weighted by atomic mass is 16.5. The molecule has 0 atom stereocenters. The number of phenols is 4. The number of hydrogen-bond acceptors (Lipinski definition) is 5. The van der Waals surface area contributed by atoms with Gasteiger partial charge in [0.15, 0.2) is 0 Å². The van der Waals surface area contributed by atoms with Gasteiger partial charge in [0, 0.05) is 35.6 Å². The molecule has 0 bridgehead atoms. The molecule has 0 aliphatic rings. The first-order valence-electron chi connectivity index (χ1n) is 10.9. The van der Waals surface area contributed by atoms with Gasteiger partial charge in [-0.15, -0.1) is 0 Å². The zero-order valence-electron chi connectivity index (χ0n) is 18.8. The van der Waals surface area contributed by atoms with Gasteiger partial charge in [0.05, 0.1) is 7.11 Å². The highest BCUT2D eigenvalue weighted by Crippen LogP contribution is 2.38. The molecule has 0 unspecified atom stereocenters. The molecular weight excluding hydrogens is 428 g/mol. The minimum absolute atomic E-state index is 0.0938. The minimum Gasteiger partial charge on any atom is -0.508 e. The standard InChI is InChI=1S/C29H26O5/c1-34-29-18-28(33)25(16-19-6-11-22(30)12-7-19)24(15-10-21-4-2-3-5-27(21)32)26(29)17-20-8-13-23(31)14-9-20/h2-15,18,30-33H,16-17H2,1H3/b15-10+. The fourth-order valence-corrected chi connectivity index (χ4v) is 3.94. The first-order valence-corrected chi connectivity index (χ1v) is 10.9. The van der Waals surface area contributed by atoms with Gasteiger partial charge in [0.2, 0.25) is 0 Å². The number of hydrogen-bond donors (Lipinski definition) is 4. The molecule has 4 rings (SSSR count). The minimum atomic E-state index is 0.0938. The third-order valence-electron chi connectivity index (χ3n) is 5.75.